The highest BCUT2D eigenvalue weighted by molar-refractivity contribution is 5.81. The molecule has 0 aromatic heterocycles. The fourth-order valence-electron chi connectivity index (χ4n) is 3.16. The molecule has 2 rings (SSSR count). The maximum Gasteiger partial charge on any atom is 0.223 e. The molecule has 0 spiro atoms. The topological polar surface area (TPSA) is 85.8 Å². The second kappa shape index (κ2) is 10.3. The number of carbonyl (C=O) groups excluding carboxylic acids is 2. The molecule has 7 nitrogen and oxygen atoms in total. The average Bonchev–Trinajstić information content (AvgIpc) is 3.37. The van der Waals surface area contributed by atoms with Crippen molar-refractivity contribution in [3.05, 3.63) is 0 Å². The minimum atomic E-state index is 0.171. The Morgan fingerprint density at radius 3 is 2.60 bits per heavy atom. The lowest BCUT2D eigenvalue weighted by atomic mass is 10.1. The Bertz CT molecular complexity index is 476. The van der Waals surface area contributed by atoms with Gasteiger partial charge in [0.1, 0.15) is 0 Å². The summed E-state index contributed by atoms with van der Waals surface area (Å²) in [6.45, 7) is 7.80. The lowest BCUT2D eigenvalue weighted by molar-refractivity contribution is -0.129. The normalized spacial score (nSPS) is 19.0. The molecular weight excluding hydrogens is 318 g/mol. The van der Waals surface area contributed by atoms with E-state index in [4.69, 9.17) is 0 Å². The van der Waals surface area contributed by atoms with Crippen LogP contribution in [0.1, 0.15) is 52.4 Å². The van der Waals surface area contributed by atoms with E-state index in [-0.39, 0.29) is 17.7 Å². The first-order valence-corrected chi connectivity index (χ1v) is 9.75. The first-order chi connectivity index (χ1) is 12.2. The Morgan fingerprint density at radius 2 is 2.00 bits per heavy atom. The molecule has 2 amide bonds. The van der Waals surface area contributed by atoms with Gasteiger partial charge >= 0.3 is 0 Å². The van der Waals surface area contributed by atoms with Crippen molar-refractivity contribution in [2.24, 2.45) is 10.9 Å². The summed E-state index contributed by atoms with van der Waals surface area (Å²) in [6.07, 6.45) is 5.59. The highest BCUT2D eigenvalue weighted by Crippen LogP contribution is 2.28. The maximum atomic E-state index is 11.9. The molecule has 1 saturated carbocycles. The predicted molar refractivity (Wildman–Crippen MR) is 99.4 cm³/mol. The number of carbonyl (C=O) groups is 2. The van der Waals surface area contributed by atoms with E-state index in [9.17, 15) is 9.59 Å². The monoisotopic (exact) mass is 351 g/mol. The van der Waals surface area contributed by atoms with Gasteiger partial charge in [0, 0.05) is 51.1 Å². The summed E-state index contributed by atoms with van der Waals surface area (Å²) in [5, 5.41) is 9.41. The number of likely N-dealkylation sites (tertiary alicyclic amines) is 1. The third-order valence-electron chi connectivity index (χ3n) is 4.76. The molecule has 1 unspecified atom stereocenters. The lowest BCUT2D eigenvalue weighted by Gasteiger charge is -2.26. The molecule has 0 aromatic carbocycles. The van der Waals surface area contributed by atoms with Crippen LogP contribution in [-0.4, -0.2) is 61.4 Å². The van der Waals surface area contributed by atoms with Crippen LogP contribution in [0.2, 0.25) is 0 Å². The Kier molecular flexibility index (Phi) is 8.01. The van der Waals surface area contributed by atoms with E-state index in [1.54, 1.807) is 0 Å². The van der Waals surface area contributed by atoms with E-state index in [1.165, 1.54) is 0 Å². The molecule has 7 heteroatoms. The third kappa shape index (κ3) is 6.55. The van der Waals surface area contributed by atoms with Gasteiger partial charge in [-0.2, -0.15) is 0 Å². The fraction of sp³-hybridized carbons (Fsp3) is 0.833. The van der Waals surface area contributed by atoms with Crippen LogP contribution in [0.5, 0.6) is 0 Å². The smallest absolute Gasteiger partial charge is 0.223 e. The molecule has 1 atom stereocenters. The quantitative estimate of drug-likeness (QED) is 0.310. The van der Waals surface area contributed by atoms with Crippen molar-refractivity contribution in [1.29, 1.82) is 0 Å². The van der Waals surface area contributed by atoms with Gasteiger partial charge in [0.15, 0.2) is 5.96 Å². The number of guanidine groups is 1. The molecule has 0 radical (unpaired) electrons. The largest absolute Gasteiger partial charge is 0.357 e. The molecule has 1 heterocycles. The first-order valence-electron chi connectivity index (χ1n) is 9.75. The van der Waals surface area contributed by atoms with E-state index >= 15 is 0 Å². The first kappa shape index (κ1) is 19.5. The fourth-order valence-corrected chi connectivity index (χ4v) is 3.16. The van der Waals surface area contributed by atoms with Crippen LogP contribution in [-0.2, 0) is 9.59 Å². The lowest BCUT2D eigenvalue weighted by Crippen LogP contribution is -2.42. The van der Waals surface area contributed by atoms with Crippen LogP contribution in [0.4, 0.5) is 0 Å². The molecule has 3 N–H and O–H groups in total. The minimum Gasteiger partial charge on any atom is -0.357 e. The number of nitrogens with zero attached hydrogens (tertiary/aromatic N) is 2. The zero-order valence-electron chi connectivity index (χ0n) is 15.6. The molecule has 1 aliphatic carbocycles. The van der Waals surface area contributed by atoms with E-state index in [1.807, 2.05) is 11.8 Å². The van der Waals surface area contributed by atoms with E-state index < -0.39 is 0 Å². The molecule has 1 aliphatic heterocycles. The minimum absolute atomic E-state index is 0.171. The molecular formula is C18H33N5O2. The molecule has 142 valence electrons. The molecule has 2 fully saturated rings. The number of aliphatic imine (C=N–C) groups is 1. The van der Waals surface area contributed by atoms with Crippen molar-refractivity contribution in [2.45, 2.75) is 58.4 Å². The van der Waals surface area contributed by atoms with Crippen LogP contribution in [0.3, 0.4) is 0 Å². The van der Waals surface area contributed by atoms with Crippen LogP contribution in [0, 0.1) is 5.92 Å². The van der Waals surface area contributed by atoms with Crippen LogP contribution in [0.15, 0.2) is 4.99 Å². The molecule has 1 saturated heterocycles. The number of hydrogen-bond acceptors (Lipinski definition) is 3. The van der Waals surface area contributed by atoms with Crippen molar-refractivity contribution in [1.82, 2.24) is 20.9 Å². The summed E-state index contributed by atoms with van der Waals surface area (Å²) in [6, 6.07) is 0.291. The van der Waals surface area contributed by atoms with Gasteiger partial charge in [0.2, 0.25) is 11.8 Å². The van der Waals surface area contributed by atoms with Gasteiger partial charge < -0.3 is 20.9 Å². The zero-order chi connectivity index (χ0) is 18.1. The van der Waals surface area contributed by atoms with Crippen molar-refractivity contribution in [2.75, 3.05) is 32.7 Å². The highest BCUT2D eigenvalue weighted by Gasteiger charge is 2.29. The standard InChI is InChI=1S/C18H33N5O2/c1-3-15(23-13-5-6-16(23)24)9-10-21-18(19-4-2)22-12-11-20-17(25)14-7-8-14/h14-15H,3-13H2,1-2H3,(H,20,25)(H2,19,21,22). The Balaban J connectivity index is 1.69. The van der Waals surface area contributed by atoms with Gasteiger partial charge in [-0.15, -0.1) is 0 Å². The molecule has 0 bridgehead atoms. The van der Waals surface area contributed by atoms with Gasteiger partial charge in [-0.05, 0) is 39.0 Å². The SMILES string of the molecule is CCNC(=NCCC(CC)N1CCCC1=O)NCCNC(=O)C1CC1. The summed E-state index contributed by atoms with van der Waals surface area (Å²) in [7, 11) is 0. The maximum absolute atomic E-state index is 11.9. The summed E-state index contributed by atoms with van der Waals surface area (Å²) in [5.41, 5.74) is 0. The highest BCUT2D eigenvalue weighted by atomic mass is 16.2. The number of rotatable bonds is 10. The van der Waals surface area contributed by atoms with E-state index in [0.29, 0.717) is 32.1 Å². The van der Waals surface area contributed by atoms with Gasteiger partial charge in [0.25, 0.3) is 0 Å². The Labute approximate surface area is 151 Å². The van der Waals surface area contributed by atoms with Crippen molar-refractivity contribution < 1.29 is 9.59 Å². The summed E-state index contributed by atoms with van der Waals surface area (Å²) >= 11 is 0. The van der Waals surface area contributed by atoms with Crippen molar-refractivity contribution in [3.63, 3.8) is 0 Å². The van der Waals surface area contributed by atoms with Crippen molar-refractivity contribution in [3.8, 4) is 0 Å². The van der Waals surface area contributed by atoms with E-state index in [0.717, 1.165) is 51.2 Å². The van der Waals surface area contributed by atoms with Crippen LogP contribution in [0.25, 0.3) is 0 Å². The zero-order valence-corrected chi connectivity index (χ0v) is 15.6. The van der Waals surface area contributed by atoms with E-state index in [2.05, 4.69) is 27.9 Å². The number of hydrogen-bond donors (Lipinski definition) is 3. The third-order valence-corrected chi connectivity index (χ3v) is 4.76. The molecule has 25 heavy (non-hydrogen) atoms. The van der Waals surface area contributed by atoms with Gasteiger partial charge in [-0.1, -0.05) is 6.92 Å². The van der Waals surface area contributed by atoms with Gasteiger partial charge in [-0.25, -0.2) is 0 Å². The second-order valence-corrected chi connectivity index (χ2v) is 6.79. The Hall–Kier alpha value is -1.79. The van der Waals surface area contributed by atoms with Crippen LogP contribution >= 0.6 is 0 Å². The molecule has 0 aromatic rings. The summed E-state index contributed by atoms with van der Waals surface area (Å²) < 4.78 is 0. The predicted octanol–water partition coefficient (Wildman–Crippen LogP) is 0.859. The summed E-state index contributed by atoms with van der Waals surface area (Å²) in [5.74, 6) is 1.48. The second-order valence-electron chi connectivity index (χ2n) is 6.79. The van der Waals surface area contributed by atoms with Gasteiger partial charge in [-0.3, -0.25) is 14.6 Å². The molecule has 2 aliphatic rings. The van der Waals surface area contributed by atoms with Crippen molar-refractivity contribution >= 4 is 17.8 Å². The summed E-state index contributed by atoms with van der Waals surface area (Å²) in [4.78, 5) is 30.1. The van der Waals surface area contributed by atoms with Gasteiger partial charge in [0.05, 0.1) is 0 Å². The Morgan fingerprint density at radius 1 is 1.24 bits per heavy atom. The number of amides is 2. The average molecular weight is 351 g/mol. The van der Waals surface area contributed by atoms with Crippen LogP contribution < -0.4 is 16.0 Å². The number of nitrogens with one attached hydrogen (secondary N) is 3.